The lowest BCUT2D eigenvalue weighted by atomic mass is 10.1. The first-order valence-corrected chi connectivity index (χ1v) is 6.02. The lowest BCUT2D eigenvalue weighted by molar-refractivity contribution is -0.144. The molecule has 0 radical (unpaired) electrons. The number of nitrogens with one attached hydrogen (secondary N) is 2. The summed E-state index contributed by atoms with van der Waals surface area (Å²) < 4.78 is 4.65. The van der Waals surface area contributed by atoms with Crippen LogP contribution in [0.5, 0.6) is 0 Å². The summed E-state index contributed by atoms with van der Waals surface area (Å²) in [5.74, 6) is -0.738. The molecule has 1 aromatic rings. The van der Waals surface area contributed by atoms with E-state index in [1.807, 2.05) is 19.1 Å². The second-order valence-corrected chi connectivity index (χ2v) is 4.19. The molecule has 0 spiro atoms. The van der Waals surface area contributed by atoms with Gasteiger partial charge in [0.15, 0.2) is 0 Å². The minimum atomic E-state index is -0.688. The second-order valence-electron chi connectivity index (χ2n) is 4.19. The molecule has 0 aliphatic carbocycles. The number of rotatable bonds is 6. The summed E-state index contributed by atoms with van der Waals surface area (Å²) in [6, 6.07) is 3.14. The zero-order valence-electron chi connectivity index (χ0n) is 11.3. The number of amides is 1. The van der Waals surface area contributed by atoms with Crippen LogP contribution in [0.4, 0.5) is 0 Å². The molecule has 0 aliphatic heterocycles. The normalized spacial score (nSPS) is 13.4. The monoisotopic (exact) mass is 265 g/mol. The SMILES string of the molecule is COC(=O)C(CN[C@H](C)c1ccncc1)NC(C)=O. The highest BCUT2D eigenvalue weighted by Gasteiger charge is 2.20. The van der Waals surface area contributed by atoms with Gasteiger partial charge in [-0.1, -0.05) is 0 Å². The molecule has 6 heteroatoms. The molecule has 0 fully saturated rings. The Hall–Kier alpha value is -1.95. The fourth-order valence-corrected chi connectivity index (χ4v) is 1.65. The van der Waals surface area contributed by atoms with E-state index >= 15 is 0 Å². The highest BCUT2D eigenvalue weighted by molar-refractivity contribution is 5.83. The molecule has 0 saturated heterocycles. The maximum Gasteiger partial charge on any atom is 0.329 e. The molecule has 1 aromatic heterocycles. The molecule has 0 saturated carbocycles. The molecule has 2 N–H and O–H groups in total. The summed E-state index contributed by atoms with van der Waals surface area (Å²) in [6.45, 7) is 3.63. The van der Waals surface area contributed by atoms with Gasteiger partial charge in [-0.15, -0.1) is 0 Å². The number of ether oxygens (including phenoxy) is 1. The fourth-order valence-electron chi connectivity index (χ4n) is 1.65. The topological polar surface area (TPSA) is 80.3 Å². The van der Waals surface area contributed by atoms with E-state index in [0.29, 0.717) is 6.54 Å². The Morgan fingerprint density at radius 3 is 2.53 bits per heavy atom. The van der Waals surface area contributed by atoms with Crippen molar-refractivity contribution in [2.75, 3.05) is 13.7 Å². The van der Waals surface area contributed by atoms with Gasteiger partial charge in [0.25, 0.3) is 0 Å². The largest absolute Gasteiger partial charge is 0.467 e. The minimum absolute atomic E-state index is 0.0453. The quantitative estimate of drug-likeness (QED) is 0.728. The zero-order valence-corrected chi connectivity index (χ0v) is 11.3. The lowest BCUT2D eigenvalue weighted by Crippen LogP contribution is -2.47. The third kappa shape index (κ3) is 5.05. The average molecular weight is 265 g/mol. The number of pyridine rings is 1. The summed E-state index contributed by atoms with van der Waals surface area (Å²) in [5, 5.41) is 5.73. The van der Waals surface area contributed by atoms with Crippen molar-refractivity contribution >= 4 is 11.9 Å². The van der Waals surface area contributed by atoms with Gasteiger partial charge in [0, 0.05) is 31.9 Å². The number of methoxy groups -OCH3 is 1. The molecular formula is C13H19N3O3. The Labute approximate surface area is 112 Å². The molecule has 1 amide bonds. The van der Waals surface area contributed by atoms with Gasteiger partial charge in [-0.25, -0.2) is 4.79 Å². The Kier molecular flexibility index (Phi) is 5.95. The highest BCUT2D eigenvalue weighted by Crippen LogP contribution is 2.09. The number of aromatic nitrogens is 1. The predicted molar refractivity (Wildman–Crippen MR) is 70.3 cm³/mol. The van der Waals surface area contributed by atoms with Crippen molar-refractivity contribution in [3.8, 4) is 0 Å². The summed E-state index contributed by atoms with van der Waals surface area (Å²) in [6.07, 6.45) is 3.41. The van der Waals surface area contributed by atoms with Crippen LogP contribution >= 0.6 is 0 Å². The Morgan fingerprint density at radius 2 is 2.00 bits per heavy atom. The maximum absolute atomic E-state index is 11.5. The van der Waals surface area contributed by atoms with Gasteiger partial charge in [-0.05, 0) is 24.6 Å². The summed E-state index contributed by atoms with van der Waals surface area (Å²) in [7, 11) is 1.30. The first kappa shape index (κ1) is 15.1. The Bertz CT molecular complexity index is 422. The van der Waals surface area contributed by atoms with Gasteiger partial charge in [0.1, 0.15) is 6.04 Å². The van der Waals surface area contributed by atoms with Crippen LogP contribution in [0.15, 0.2) is 24.5 Å². The van der Waals surface area contributed by atoms with Gasteiger partial charge in [-0.3, -0.25) is 9.78 Å². The van der Waals surface area contributed by atoms with Crippen LogP contribution in [0.2, 0.25) is 0 Å². The second kappa shape index (κ2) is 7.48. The molecule has 0 aromatic carbocycles. The van der Waals surface area contributed by atoms with Gasteiger partial charge in [0.2, 0.25) is 5.91 Å². The highest BCUT2D eigenvalue weighted by atomic mass is 16.5. The third-order valence-electron chi connectivity index (χ3n) is 2.70. The first-order valence-electron chi connectivity index (χ1n) is 6.02. The minimum Gasteiger partial charge on any atom is -0.467 e. The van der Waals surface area contributed by atoms with E-state index in [2.05, 4.69) is 20.4 Å². The van der Waals surface area contributed by atoms with Crippen molar-refractivity contribution < 1.29 is 14.3 Å². The molecule has 1 heterocycles. The molecule has 1 rings (SSSR count). The Balaban J connectivity index is 2.56. The van der Waals surface area contributed by atoms with Gasteiger partial charge < -0.3 is 15.4 Å². The third-order valence-corrected chi connectivity index (χ3v) is 2.70. The molecule has 104 valence electrons. The molecule has 0 aliphatic rings. The van der Waals surface area contributed by atoms with Gasteiger partial charge in [0.05, 0.1) is 7.11 Å². The predicted octanol–water partition coefficient (Wildman–Crippen LogP) is 0.410. The smallest absolute Gasteiger partial charge is 0.329 e. The van der Waals surface area contributed by atoms with Crippen LogP contribution in [0.25, 0.3) is 0 Å². The summed E-state index contributed by atoms with van der Waals surface area (Å²) in [5.41, 5.74) is 1.06. The van der Waals surface area contributed by atoms with Crippen LogP contribution in [0.3, 0.4) is 0 Å². The van der Waals surface area contributed by atoms with Gasteiger partial charge >= 0.3 is 5.97 Å². The van der Waals surface area contributed by atoms with Crippen molar-refractivity contribution in [2.45, 2.75) is 25.9 Å². The average Bonchev–Trinajstić information content (AvgIpc) is 2.42. The van der Waals surface area contributed by atoms with E-state index in [9.17, 15) is 9.59 Å². The molecule has 1 unspecified atom stereocenters. The Morgan fingerprint density at radius 1 is 1.37 bits per heavy atom. The van der Waals surface area contributed by atoms with Crippen LogP contribution < -0.4 is 10.6 Å². The summed E-state index contributed by atoms with van der Waals surface area (Å²) >= 11 is 0. The first-order chi connectivity index (χ1) is 9.04. The van der Waals surface area contributed by atoms with E-state index in [1.54, 1.807) is 12.4 Å². The molecule has 6 nitrogen and oxygen atoms in total. The lowest BCUT2D eigenvalue weighted by Gasteiger charge is -2.19. The number of esters is 1. The van der Waals surface area contributed by atoms with E-state index < -0.39 is 12.0 Å². The standard InChI is InChI=1S/C13H19N3O3/c1-9(11-4-6-14-7-5-11)15-8-12(13(18)19-3)16-10(2)17/h4-7,9,12,15H,8H2,1-3H3,(H,16,17)/t9-,12?/m1/s1. The van der Waals surface area contributed by atoms with E-state index in [0.717, 1.165) is 5.56 Å². The van der Waals surface area contributed by atoms with Crippen molar-refractivity contribution in [1.29, 1.82) is 0 Å². The molecular weight excluding hydrogens is 246 g/mol. The number of carbonyl (C=O) groups excluding carboxylic acids is 2. The number of hydrogen-bond acceptors (Lipinski definition) is 5. The fraction of sp³-hybridized carbons (Fsp3) is 0.462. The van der Waals surface area contributed by atoms with Crippen LogP contribution in [0, 0.1) is 0 Å². The summed E-state index contributed by atoms with van der Waals surface area (Å²) in [4.78, 5) is 26.5. The van der Waals surface area contributed by atoms with Crippen molar-refractivity contribution in [2.24, 2.45) is 0 Å². The number of nitrogens with zero attached hydrogens (tertiary/aromatic N) is 1. The van der Waals surface area contributed by atoms with Gasteiger partial charge in [-0.2, -0.15) is 0 Å². The molecule has 2 atom stereocenters. The molecule has 0 bridgehead atoms. The van der Waals surface area contributed by atoms with Crippen molar-refractivity contribution in [3.05, 3.63) is 30.1 Å². The number of carbonyl (C=O) groups is 2. The molecule has 19 heavy (non-hydrogen) atoms. The van der Waals surface area contributed by atoms with E-state index in [-0.39, 0.29) is 11.9 Å². The number of hydrogen-bond donors (Lipinski definition) is 2. The maximum atomic E-state index is 11.5. The van der Waals surface area contributed by atoms with Crippen LogP contribution in [-0.2, 0) is 14.3 Å². The zero-order chi connectivity index (χ0) is 14.3. The van der Waals surface area contributed by atoms with Crippen LogP contribution in [-0.4, -0.2) is 36.6 Å². The van der Waals surface area contributed by atoms with E-state index in [4.69, 9.17) is 0 Å². The van der Waals surface area contributed by atoms with Crippen molar-refractivity contribution in [1.82, 2.24) is 15.6 Å². The van der Waals surface area contributed by atoms with E-state index in [1.165, 1.54) is 14.0 Å². The van der Waals surface area contributed by atoms with Crippen LogP contribution in [0.1, 0.15) is 25.5 Å². The van der Waals surface area contributed by atoms with Crippen molar-refractivity contribution in [3.63, 3.8) is 0 Å².